The summed E-state index contributed by atoms with van der Waals surface area (Å²) < 4.78 is 19.2. The van der Waals surface area contributed by atoms with Crippen LogP contribution in [0.4, 0.5) is 4.39 Å². The maximum atomic E-state index is 13.5. The molecule has 1 amide bonds. The largest absolute Gasteiger partial charge is 0.481 e. The number of amides is 1. The summed E-state index contributed by atoms with van der Waals surface area (Å²) in [6, 6.07) is 4.39. The number of nitrogens with one attached hydrogen (secondary N) is 1. The number of carbonyl (C=O) groups is 1. The molecule has 0 aliphatic rings. The van der Waals surface area contributed by atoms with Gasteiger partial charge < -0.3 is 15.2 Å². The Balaban J connectivity index is 2.36. The fraction of sp³-hybridized carbons (Fsp3) is 0.500. The third-order valence-electron chi connectivity index (χ3n) is 2.96. The van der Waals surface area contributed by atoms with Gasteiger partial charge in [0.25, 0.3) is 5.91 Å². The van der Waals surface area contributed by atoms with E-state index in [9.17, 15) is 9.18 Å². The molecule has 0 saturated heterocycles. The first-order chi connectivity index (χ1) is 9.56. The summed E-state index contributed by atoms with van der Waals surface area (Å²) in [6.07, 6.45) is 1.53. The van der Waals surface area contributed by atoms with E-state index in [1.165, 1.54) is 12.1 Å². The molecule has 112 valence electrons. The van der Waals surface area contributed by atoms with Gasteiger partial charge in [-0.1, -0.05) is 29.3 Å². The number of halogens is 2. The lowest BCUT2D eigenvalue weighted by molar-refractivity contribution is -0.123. The molecule has 1 rings (SSSR count). The summed E-state index contributed by atoms with van der Waals surface area (Å²) in [4.78, 5) is 11.6. The summed E-state index contributed by atoms with van der Waals surface area (Å²) in [5.41, 5.74) is 0. The molecule has 4 nitrogen and oxygen atoms in total. The van der Waals surface area contributed by atoms with Crippen LogP contribution in [0.3, 0.4) is 0 Å². The summed E-state index contributed by atoms with van der Waals surface area (Å²) in [7, 11) is 0. The summed E-state index contributed by atoms with van der Waals surface area (Å²) in [5, 5.41) is 11.6. The van der Waals surface area contributed by atoms with E-state index < -0.39 is 5.82 Å². The normalized spacial score (nSPS) is 12.0. The van der Waals surface area contributed by atoms with Gasteiger partial charge in [0.05, 0.1) is 0 Å². The van der Waals surface area contributed by atoms with Gasteiger partial charge in [-0.25, -0.2) is 4.39 Å². The Morgan fingerprint density at radius 2 is 2.30 bits per heavy atom. The Hall–Kier alpha value is -1.14. The molecule has 0 saturated carbocycles. The number of rotatable bonds is 8. The van der Waals surface area contributed by atoms with E-state index in [0.29, 0.717) is 17.4 Å². The van der Waals surface area contributed by atoms with E-state index in [0.717, 1.165) is 6.42 Å². The van der Waals surface area contributed by atoms with E-state index >= 15 is 0 Å². The number of ether oxygens (including phenoxy) is 1. The van der Waals surface area contributed by atoms with Crippen molar-refractivity contribution < 1.29 is 19.0 Å². The van der Waals surface area contributed by atoms with Crippen LogP contribution in [0.2, 0.25) is 0 Å². The highest BCUT2D eigenvalue weighted by atomic mass is 79.9. The number of aliphatic hydroxyl groups excluding tert-OH is 1. The van der Waals surface area contributed by atoms with Crippen LogP contribution in [0.5, 0.6) is 5.75 Å². The van der Waals surface area contributed by atoms with Gasteiger partial charge in [-0.2, -0.15) is 0 Å². The van der Waals surface area contributed by atoms with Crippen LogP contribution in [-0.4, -0.2) is 30.8 Å². The SMILES string of the molecule is CCC(CCO)CNC(=O)COc1ccc(Br)cc1F. The third kappa shape index (κ3) is 5.88. The minimum Gasteiger partial charge on any atom is -0.481 e. The highest BCUT2D eigenvalue weighted by Crippen LogP contribution is 2.21. The highest BCUT2D eigenvalue weighted by Gasteiger charge is 2.10. The van der Waals surface area contributed by atoms with Crippen LogP contribution in [0.1, 0.15) is 19.8 Å². The zero-order valence-electron chi connectivity index (χ0n) is 11.4. The first kappa shape index (κ1) is 16.9. The van der Waals surface area contributed by atoms with E-state index in [4.69, 9.17) is 9.84 Å². The van der Waals surface area contributed by atoms with Gasteiger partial charge in [0.1, 0.15) is 0 Å². The van der Waals surface area contributed by atoms with Gasteiger partial charge >= 0.3 is 0 Å². The van der Waals surface area contributed by atoms with Crippen molar-refractivity contribution in [2.24, 2.45) is 5.92 Å². The molecule has 1 aromatic rings. The molecular formula is C14H19BrFNO3. The first-order valence-corrected chi connectivity index (χ1v) is 7.31. The highest BCUT2D eigenvalue weighted by molar-refractivity contribution is 9.10. The quantitative estimate of drug-likeness (QED) is 0.759. The van der Waals surface area contributed by atoms with Crippen LogP contribution >= 0.6 is 15.9 Å². The number of hydrogen-bond donors (Lipinski definition) is 2. The van der Waals surface area contributed by atoms with Crippen molar-refractivity contribution in [3.63, 3.8) is 0 Å². The molecule has 0 aliphatic carbocycles. The number of carbonyl (C=O) groups excluding carboxylic acids is 1. The second-order valence-corrected chi connectivity index (χ2v) is 5.37. The van der Waals surface area contributed by atoms with Gasteiger partial charge in [-0.05, 0) is 30.5 Å². The zero-order valence-corrected chi connectivity index (χ0v) is 13.0. The molecule has 1 atom stereocenters. The fourth-order valence-electron chi connectivity index (χ4n) is 1.68. The average molecular weight is 348 g/mol. The molecule has 20 heavy (non-hydrogen) atoms. The summed E-state index contributed by atoms with van der Waals surface area (Å²) >= 11 is 3.14. The van der Waals surface area contributed by atoms with Gasteiger partial charge in [-0.15, -0.1) is 0 Å². The van der Waals surface area contributed by atoms with E-state index in [2.05, 4.69) is 21.2 Å². The third-order valence-corrected chi connectivity index (χ3v) is 3.45. The van der Waals surface area contributed by atoms with Crippen LogP contribution in [0.15, 0.2) is 22.7 Å². The predicted molar refractivity (Wildman–Crippen MR) is 78.1 cm³/mol. The molecule has 0 fully saturated rings. The zero-order chi connectivity index (χ0) is 15.0. The van der Waals surface area contributed by atoms with Crippen LogP contribution in [0, 0.1) is 11.7 Å². The monoisotopic (exact) mass is 347 g/mol. The van der Waals surface area contributed by atoms with Crippen molar-refractivity contribution in [1.29, 1.82) is 0 Å². The Labute approximate surface area is 126 Å². The summed E-state index contributed by atoms with van der Waals surface area (Å²) in [5.74, 6) is -0.526. The Kier molecular flexibility index (Phi) is 7.54. The van der Waals surface area contributed by atoms with Gasteiger partial charge in [-0.3, -0.25) is 4.79 Å². The molecule has 0 bridgehead atoms. The minimum atomic E-state index is -0.515. The van der Waals surface area contributed by atoms with E-state index in [1.54, 1.807) is 6.07 Å². The van der Waals surface area contributed by atoms with E-state index in [1.807, 2.05) is 6.92 Å². The Morgan fingerprint density at radius 1 is 1.55 bits per heavy atom. The smallest absolute Gasteiger partial charge is 0.257 e. The molecule has 2 N–H and O–H groups in total. The number of benzene rings is 1. The maximum Gasteiger partial charge on any atom is 0.257 e. The van der Waals surface area contributed by atoms with E-state index in [-0.39, 0.29) is 30.8 Å². The second-order valence-electron chi connectivity index (χ2n) is 4.45. The molecule has 1 unspecified atom stereocenters. The Morgan fingerprint density at radius 3 is 2.90 bits per heavy atom. The predicted octanol–water partition coefficient (Wildman–Crippen LogP) is 2.49. The van der Waals surface area contributed by atoms with Crippen molar-refractivity contribution in [2.75, 3.05) is 19.8 Å². The minimum absolute atomic E-state index is 0.0470. The van der Waals surface area contributed by atoms with Crippen molar-refractivity contribution in [1.82, 2.24) is 5.32 Å². The topological polar surface area (TPSA) is 58.6 Å². The fourth-order valence-corrected chi connectivity index (χ4v) is 2.01. The molecule has 6 heteroatoms. The Bertz CT molecular complexity index is 442. The van der Waals surface area contributed by atoms with Crippen LogP contribution < -0.4 is 10.1 Å². The molecule has 0 spiro atoms. The maximum absolute atomic E-state index is 13.5. The second kappa shape index (κ2) is 8.92. The van der Waals surface area contributed by atoms with Crippen molar-refractivity contribution in [3.05, 3.63) is 28.5 Å². The molecule has 0 heterocycles. The number of hydrogen-bond acceptors (Lipinski definition) is 3. The molecule has 1 aromatic carbocycles. The van der Waals surface area contributed by atoms with Crippen LogP contribution in [0.25, 0.3) is 0 Å². The molecule has 0 radical (unpaired) electrons. The lowest BCUT2D eigenvalue weighted by atomic mass is 10.0. The molecular weight excluding hydrogens is 329 g/mol. The number of aliphatic hydroxyl groups is 1. The van der Waals surface area contributed by atoms with Crippen molar-refractivity contribution in [2.45, 2.75) is 19.8 Å². The molecule has 0 aliphatic heterocycles. The molecule has 0 aromatic heterocycles. The lowest BCUT2D eigenvalue weighted by Gasteiger charge is -2.14. The van der Waals surface area contributed by atoms with Gasteiger partial charge in [0.15, 0.2) is 18.2 Å². The van der Waals surface area contributed by atoms with Gasteiger partial charge in [0, 0.05) is 17.6 Å². The lowest BCUT2D eigenvalue weighted by Crippen LogP contribution is -2.33. The summed E-state index contributed by atoms with van der Waals surface area (Å²) in [6.45, 7) is 2.37. The van der Waals surface area contributed by atoms with Crippen LogP contribution in [-0.2, 0) is 4.79 Å². The van der Waals surface area contributed by atoms with Crippen molar-refractivity contribution in [3.8, 4) is 5.75 Å². The average Bonchev–Trinajstić information content (AvgIpc) is 2.42. The van der Waals surface area contributed by atoms with Gasteiger partial charge in [0.2, 0.25) is 0 Å². The first-order valence-electron chi connectivity index (χ1n) is 6.52. The van der Waals surface area contributed by atoms with Crippen molar-refractivity contribution >= 4 is 21.8 Å². The standard InChI is InChI=1S/C14H19BrFNO3/c1-2-10(5-6-18)8-17-14(19)9-20-13-4-3-11(15)7-12(13)16/h3-4,7,10,18H,2,5-6,8-9H2,1H3,(H,17,19).